The van der Waals surface area contributed by atoms with Crippen LogP contribution in [0.5, 0.6) is 11.5 Å². The molecule has 9 heteroatoms. The monoisotopic (exact) mass is 449 g/mol. The minimum Gasteiger partial charge on any atom is -0.487 e. The smallest absolute Gasteiger partial charge is 0.336 e. The number of amides is 1. The van der Waals surface area contributed by atoms with Crippen LogP contribution in [0.4, 0.5) is 0 Å². The van der Waals surface area contributed by atoms with Crippen molar-refractivity contribution >= 4 is 26.7 Å². The van der Waals surface area contributed by atoms with Gasteiger partial charge in [0.2, 0.25) is 0 Å². The molecule has 0 N–H and O–H groups in total. The van der Waals surface area contributed by atoms with Crippen molar-refractivity contribution in [2.75, 3.05) is 25.2 Å². The van der Waals surface area contributed by atoms with Crippen molar-refractivity contribution < 1.29 is 27.1 Å². The third-order valence-corrected chi connectivity index (χ3v) is 7.85. The molecule has 0 saturated carbocycles. The van der Waals surface area contributed by atoms with Crippen LogP contribution in [0.25, 0.3) is 11.0 Å². The average molecular weight is 450 g/mol. The lowest BCUT2D eigenvalue weighted by molar-refractivity contribution is -0.133. The maximum absolute atomic E-state index is 12.7. The lowest BCUT2D eigenvalue weighted by Crippen LogP contribution is -2.40. The summed E-state index contributed by atoms with van der Waals surface area (Å²) in [7, 11) is -1.50. The van der Waals surface area contributed by atoms with Crippen molar-refractivity contribution in [1.29, 1.82) is 0 Å². The van der Waals surface area contributed by atoms with Gasteiger partial charge < -0.3 is 18.8 Å². The SMILES string of the molecule is Cc1cc(=O)oc2c3c(cc(OCC(=O)N(C)[C@H]4CCS(=O)(=O)C4)c12)OC(C)(C)CC3. The van der Waals surface area contributed by atoms with Gasteiger partial charge in [0.1, 0.15) is 22.7 Å². The summed E-state index contributed by atoms with van der Waals surface area (Å²) < 4.78 is 41.0. The van der Waals surface area contributed by atoms with Crippen LogP contribution >= 0.6 is 0 Å². The van der Waals surface area contributed by atoms with Gasteiger partial charge in [0.15, 0.2) is 16.4 Å². The van der Waals surface area contributed by atoms with Crippen molar-refractivity contribution in [2.24, 2.45) is 0 Å². The molecule has 1 saturated heterocycles. The second kappa shape index (κ2) is 7.55. The van der Waals surface area contributed by atoms with E-state index in [1.807, 2.05) is 13.8 Å². The predicted molar refractivity (Wildman–Crippen MR) is 116 cm³/mol. The summed E-state index contributed by atoms with van der Waals surface area (Å²) in [4.78, 5) is 26.2. The Morgan fingerprint density at radius 1 is 1.32 bits per heavy atom. The number of hydrogen-bond donors (Lipinski definition) is 0. The Balaban J connectivity index is 1.64. The first-order valence-corrected chi connectivity index (χ1v) is 12.2. The summed E-state index contributed by atoms with van der Waals surface area (Å²) in [5.41, 5.74) is 1.12. The van der Waals surface area contributed by atoms with E-state index in [-0.39, 0.29) is 35.7 Å². The molecule has 2 aromatic rings. The molecule has 8 nitrogen and oxygen atoms in total. The zero-order valence-electron chi connectivity index (χ0n) is 18.2. The van der Waals surface area contributed by atoms with E-state index in [1.54, 1.807) is 20.0 Å². The molecule has 1 aromatic carbocycles. The fraction of sp³-hybridized carbons (Fsp3) is 0.545. The van der Waals surface area contributed by atoms with Crippen molar-refractivity contribution in [3.05, 3.63) is 33.7 Å². The lowest BCUT2D eigenvalue weighted by atomic mass is 9.92. The highest BCUT2D eigenvalue weighted by molar-refractivity contribution is 7.91. The van der Waals surface area contributed by atoms with Crippen LogP contribution in [0.2, 0.25) is 0 Å². The van der Waals surface area contributed by atoms with E-state index in [2.05, 4.69) is 0 Å². The number of nitrogens with zero attached hydrogens (tertiary/aromatic N) is 1. The van der Waals surface area contributed by atoms with Gasteiger partial charge in [0.25, 0.3) is 5.91 Å². The Kier molecular flexibility index (Phi) is 5.28. The molecule has 168 valence electrons. The molecule has 31 heavy (non-hydrogen) atoms. The van der Waals surface area contributed by atoms with Gasteiger partial charge >= 0.3 is 5.63 Å². The van der Waals surface area contributed by atoms with Crippen molar-refractivity contribution in [1.82, 2.24) is 4.90 Å². The Morgan fingerprint density at radius 3 is 2.74 bits per heavy atom. The summed E-state index contributed by atoms with van der Waals surface area (Å²) in [5.74, 6) is 0.731. The molecule has 3 heterocycles. The van der Waals surface area contributed by atoms with Gasteiger partial charge in [-0.15, -0.1) is 0 Å². The molecule has 0 aliphatic carbocycles. The first kappa shape index (κ1) is 21.7. The number of likely N-dealkylation sites (N-methyl/N-ethyl adjacent to an activating group) is 1. The van der Waals surface area contributed by atoms with Gasteiger partial charge in [-0.3, -0.25) is 4.79 Å². The molecule has 0 bridgehead atoms. The summed E-state index contributed by atoms with van der Waals surface area (Å²) in [5, 5.41) is 0.639. The number of carbonyl (C=O) groups excluding carboxylic acids is 1. The van der Waals surface area contributed by atoms with Crippen LogP contribution in [0.1, 0.15) is 37.8 Å². The fourth-order valence-electron chi connectivity index (χ4n) is 4.26. The highest BCUT2D eigenvalue weighted by Crippen LogP contribution is 2.42. The Bertz CT molecular complexity index is 1210. The third kappa shape index (κ3) is 4.28. The summed E-state index contributed by atoms with van der Waals surface area (Å²) in [6.07, 6.45) is 1.91. The molecular formula is C22H27NO7S. The van der Waals surface area contributed by atoms with Gasteiger partial charge in [-0.05, 0) is 45.6 Å². The topological polar surface area (TPSA) is 103 Å². The van der Waals surface area contributed by atoms with Crippen LogP contribution < -0.4 is 15.1 Å². The maximum atomic E-state index is 12.7. The van der Waals surface area contributed by atoms with Crippen molar-refractivity contribution in [3.63, 3.8) is 0 Å². The fourth-order valence-corrected chi connectivity index (χ4v) is 6.03. The van der Waals surface area contributed by atoms with Crippen LogP contribution in [0.15, 0.2) is 21.3 Å². The molecule has 1 atom stereocenters. The Labute approximate surface area is 181 Å². The van der Waals surface area contributed by atoms with Gasteiger partial charge in [0, 0.05) is 30.8 Å². The standard InChI is InChI=1S/C22H27NO7S/c1-13-9-19(25)29-21-15-5-7-22(2,3)30-16(15)10-17(20(13)21)28-11-18(24)23(4)14-6-8-31(26,27)12-14/h9-10,14H,5-8,11-12H2,1-4H3/t14-/m0/s1. The summed E-state index contributed by atoms with van der Waals surface area (Å²) in [6.45, 7) is 5.51. The molecule has 4 rings (SSSR count). The maximum Gasteiger partial charge on any atom is 0.336 e. The normalized spacial score (nSPS) is 21.4. The van der Waals surface area contributed by atoms with Crippen LogP contribution in [0.3, 0.4) is 0 Å². The predicted octanol–water partition coefficient (Wildman–Crippen LogP) is 2.23. The largest absolute Gasteiger partial charge is 0.487 e. The van der Waals surface area contributed by atoms with Crippen LogP contribution in [0, 0.1) is 6.92 Å². The molecular weight excluding hydrogens is 422 g/mol. The molecule has 1 fully saturated rings. The highest BCUT2D eigenvalue weighted by Gasteiger charge is 2.33. The van der Waals surface area contributed by atoms with E-state index in [1.165, 1.54) is 11.0 Å². The van der Waals surface area contributed by atoms with Gasteiger partial charge in [0.05, 0.1) is 16.9 Å². The molecule has 1 amide bonds. The highest BCUT2D eigenvalue weighted by atomic mass is 32.2. The number of benzene rings is 1. The molecule has 1 aromatic heterocycles. The second-order valence-corrected chi connectivity index (χ2v) is 11.2. The number of carbonyl (C=O) groups is 1. The minimum absolute atomic E-state index is 0.0236. The lowest BCUT2D eigenvalue weighted by Gasteiger charge is -2.33. The first-order chi connectivity index (χ1) is 14.5. The first-order valence-electron chi connectivity index (χ1n) is 10.3. The number of fused-ring (bicyclic) bond motifs is 3. The molecule has 2 aliphatic heterocycles. The van der Waals surface area contributed by atoms with Gasteiger partial charge in [-0.1, -0.05) is 0 Å². The number of hydrogen-bond acceptors (Lipinski definition) is 7. The van der Waals surface area contributed by atoms with Crippen LogP contribution in [-0.2, 0) is 21.1 Å². The van der Waals surface area contributed by atoms with E-state index in [4.69, 9.17) is 13.9 Å². The average Bonchev–Trinajstić information content (AvgIpc) is 3.03. The Morgan fingerprint density at radius 2 is 2.06 bits per heavy atom. The molecule has 0 unspecified atom stereocenters. The minimum atomic E-state index is -3.09. The van der Waals surface area contributed by atoms with Gasteiger partial charge in [-0.2, -0.15) is 0 Å². The quantitative estimate of drug-likeness (QED) is 0.660. The van der Waals surface area contributed by atoms with E-state index in [0.717, 1.165) is 12.0 Å². The zero-order valence-corrected chi connectivity index (χ0v) is 19.0. The van der Waals surface area contributed by atoms with Crippen molar-refractivity contribution in [2.45, 2.75) is 51.7 Å². The van der Waals surface area contributed by atoms with E-state index in [9.17, 15) is 18.0 Å². The number of ether oxygens (including phenoxy) is 2. The van der Waals surface area contributed by atoms with E-state index >= 15 is 0 Å². The second-order valence-electron chi connectivity index (χ2n) is 9.02. The molecule has 0 radical (unpaired) electrons. The van der Waals surface area contributed by atoms with E-state index < -0.39 is 15.5 Å². The van der Waals surface area contributed by atoms with Crippen LogP contribution in [-0.4, -0.2) is 56.0 Å². The molecule has 0 spiro atoms. The van der Waals surface area contributed by atoms with Crippen molar-refractivity contribution in [3.8, 4) is 11.5 Å². The van der Waals surface area contributed by atoms with E-state index in [0.29, 0.717) is 40.9 Å². The zero-order chi connectivity index (χ0) is 22.6. The third-order valence-electron chi connectivity index (χ3n) is 6.10. The summed E-state index contributed by atoms with van der Waals surface area (Å²) >= 11 is 0. The van der Waals surface area contributed by atoms with Gasteiger partial charge in [-0.25, -0.2) is 13.2 Å². The Hall–Kier alpha value is -2.55. The number of sulfone groups is 1. The number of rotatable bonds is 4. The molecule has 2 aliphatic rings. The number of aryl methyl sites for hydroxylation is 2. The summed E-state index contributed by atoms with van der Waals surface area (Å²) in [6, 6.07) is 2.80.